The summed E-state index contributed by atoms with van der Waals surface area (Å²) in [7, 11) is 0. The molecule has 1 aromatic carbocycles. The van der Waals surface area contributed by atoms with E-state index >= 15 is 0 Å². The third kappa shape index (κ3) is 3.44. The molecule has 2 aromatic rings. The van der Waals surface area contributed by atoms with Gasteiger partial charge in [0.1, 0.15) is 5.75 Å². The van der Waals surface area contributed by atoms with Gasteiger partial charge in [-0.1, -0.05) is 18.5 Å². The van der Waals surface area contributed by atoms with Gasteiger partial charge < -0.3 is 9.47 Å². The van der Waals surface area contributed by atoms with E-state index in [1.54, 1.807) is 12.1 Å². The number of ether oxygens (including phenoxy) is 2. The third-order valence-electron chi connectivity index (χ3n) is 3.45. The van der Waals surface area contributed by atoms with E-state index in [0.717, 1.165) is 19.3 Å². The van der Waals surface area contributed by atoms with Gasteiger partial charge in [-0.25, -0.2) is 4.79 Å². The third-order valence-corrected chi connectivity index (χ3v) is 4.37. The smallest absolute Gasteiger partial charge is 0.368 e. The van der Waals surface area contributed by atoms with Crippen molar-refractivity contribution >= 4 is 27.5 Å². The second-order valence-electron chi connectivity index (χ2n) is 5.19. The summed E-state index contributed by atoms with van der Waals surface area (Å²) < 4.78 is 14.5. The number of benzene rings is 1. The van der Waals surface area contributed by atoms with Crippen LogP contribution in [0.25, 0.3) is 5.69 Å². The fourth-order valence-electron chi connectivity index (χ4n) is 2.33. The summed E-state index contributed by atoms with van der Waals surface area (Å²) in [6, 6.07) is 3.34. The molecule has 23 heavy (non-hydrogen) atoms. The Morgan fingerprint density at radius 1 is 1.48 bits per heavy atom. The van der Waals surface area contributed by atoms with Crippen LogP contribution in [0.4, 0.5) is 0 Å². The molecule has 0 radical (unpaired) electrons. The molecule has 0 amide bonds. The summed E-state index contributed by atoms with van der Waals surface area (Å²) >= 11 is 9.67. The van der Waals surface area contributed by atoms with E-state index in [2.05, 4.69) is 26.4 Å². The van der Waals surface area contributed by atoms with Crippen molar-refractivity contribution in [2.24, 2.45) is 0 Å². The highest BCUT2D eigenvalue weighted by Crippen LogP contribution is 2.34. The molecule has 1 saturated heterocycles. The fourth-order valence-corrected chi connectivity index (χ4v) is 3.14. The van der Waals surface area contributed by atoms with Crippen LogP contribution < -0.4 is 10.4 Å². The highest BCUT2D eigenvalue weighted by Gasteiger charge is 2.20. The highest BCUT2D eigenvalue weighted by atomic mass is 79.9. The molecule has 1 unspecified atom stereocenters. The molecular formula is C14H16BrClN4O3. The molecule has 1 aliphatic heterocycles. The first-order chi connectivity index (χ1) is 11.1. The molecule has 3 rings (SSSR count). The average Bonchev–Trinajstić information content (AvgIpc) is 3.14. The van der Waals surface area contributed by atoms with E-state index in [4.69, 9.17) is 21.1 Å². The second kappa shape index (κ2) is 7.02. The van der Waals surface area contributed by atoms with Crippen molar-refractivity contribution in [1.29, 1.82) is 0 Å². The number of hydrogen-bond donors (Lipinski definition) is 0. The lowest BCUT2D eigenvalue weighted by atomic mass is 10.3. The predicted octanol–water partition coefficient (Wildman–Crippen LogP) is 2.77. The molecule has 1 fully saturated rings. The monoisotopic (exact) mass is 402 g/mol. The van der Waals surface area contributed by atoms with Crippen molar-refractivity contribution in [3.8, 4) is 11.4 Å². The molecule has 1 aliphatic rings. The van der Waals surface area contributed by atoms with Crippen LogP contribution in [0.5, 0.6) is 5.75 Å². The van der Waals surface area contributed by atoms with Gasteiger partial charge in [-0.15, -0.1) is 0 Å². The lowest BCUT2D eigenvalue weighted by molar-refractivity contribution is -0.0394. The van der Waals surface area contributed by atoms with Crippen LogP contribution in [0.1, 0.15) is 26.2 Å². The lowest BCUT2D eigenvalue weighted by Crippen LogP contribution is -2.24. The van der Waals surface area contributed by atoms with Crippen molar-refractivity contribution in [2.75, 3.05) is 6.61 Å². The van der Waals surface area contributed by atoms with Gasteiger partial charge >= 0.3 is 5.69 Å². The van der Waals surface area contributed by atoms with E-state index < -0.39 is 0 Å². The molecule has 124 valence electrons. The fraction of sp³-hybridized carbons (Fsp3) is 0.500. The lowest BCUT2D eigenvalue weighted by Gasteiger charge is -2.15. The molecule has 0 spiro atoms. The van der Waals surface area contributed by atoms with Crippen molar-refractivity contribution < 1.29 is 9.47 Å². The Hall–Kier alpha value is -1.38. The molecule has 7 nitrogen and oxygen atoms in total. The molecule has 1 aromatic heterocycles. The minimum Gasteiger partial charge on any atom is -0.464 e. The van der Waals surface area contributed by atoms with Gasteiger partial charge in [0.15, 0.2) is 6.29 Å². The molecule has 0 bridgehead atoms. The predicted molar refractivity (Wildman–Crippen MR) is 88.2 cm³/mol. The summed E-state index contributed by atoms with van der Waals surface area (Å²) in [5.74, 6) is 0.549. The first kappa shape index (κ1) is 16.5. The first-order valence-electron chi connectivity index (χ1n) is 7.40. The van der Waals surface area contributed by atoms with Gasteiger partial charge in [-0.3, -0.25) is 0 Å². The largest absolute Gasteiger partial charge is 0.464 e. The van der Waals surface area contributed by atoms with E-state index in [9.17, 15) is 4.79 Å². The first-order valence-corrected chi connectivity index (χ1v) is 8.57. The van der Waals surface area contributed by atoms with Crippen LogP contribution >= 0.6 is 27.5 Å². The van der Waals surface area contributed by atoms with Crippen molar-refractivity contribution in [1.82, 2.24) is 19.8 Å². The Labute approximate surface area is 146 Å². The van der Waals surface area contributed by atoms with Gasteiger partial charge in [0.05, 0.1) is 21.8 Å². The summed E-state index contributed by atoms with van der Waals surface area (Å²) in [4.78, 5) is 12.3. The van der Waals surface area contributed by atoms with Gasteiger partial charge in [-0.05, 0) is 45.3 Å². The normalized spacial score (nSPS) is 17.6. The zero-order valence-electron chi connectivity index (χ0n) is 12.5. The second-order valence-corrected chi connectivity index (χ2v) is 6.45. The van der Waals surface area contributed by atoms with Crippen molar-refractivity contribution in [3.05, 3.63) is 32.1 Å². The van der Waals surface area contributed by atoms with Gasteiger partial charge in [0, 0.05) is 19.0 Å². The van der Waals surface area contributed by atoms with E-state index in [-0.39, 0.29) is 12.0 Å². The minimum absolute atomic E-state index is 0.284. The zero-order valence-corrected chi connectivity index (χ0v) is 14.9. The van der Waals surface area contributed by atoms with Crippen LogP contribution in [0.15, 0.2) is 21.4 Å². The maximum Gasteiger partial charge on any atom is 0.368 e. The number of aromatic nitrogens is 4. The molecule has 9 heteroatoms. The zero-order chi connectivity index (χ0) is 16.4. The number of tetrazole rings is 1. The topological polar surface area (TPSA) is 71.2 Å². The number of halogens is 2. The number of nitrogens with zero attached hydrogens (tertiary/aromatic N) is 4. The molecular weight excluding hydrogens is 388 g/mol. The van der Waals surface area contributed by atoms with Gasteiger partial charge in [0.25, 0.3) is 0 Å². The van der Waals surface area contributed by atoms with Crippen molar-refractivity contribution in [3.63, 3.8) is 0 Å². The number of hydrogen-bond acceptors (Lipinski definition) is 5. The summed E-state index contributed by atoms with van der Waals surface area (Å²) in [6.07, 6.45) is 2.30. The van der Waals surface area contributed by atoms with Crippen LogP contribution in [0.3, 0.4) is 0 Å². The summed E-state index contributed by atoms with van der Waals surface area (Å²) in [6.45, 7) is 3.16. The molecule has 0 aliphatic carbocycles. The van der Waals surface area contributed by atoms with Crippen molar-refractivity contribution in [2.45, 2.75) is 39.0 Å². The molecule has 2 heterocycles. The van der Waals surface area contributed by atoms with E-state index in [1.165, 1.54) is 9.36 Å². The summed E-state index contributed by atoms with van der Waals surface area (Å²) in [5, 5.41) is 8.14. The maximum absolute atomic E-state index is 12.3. The number of rotatable bonds is 5. The highest BCUT2D eigenvalue weighted by molar-refractivity contribution is 9.10. The van der Waals surface area contributed by atoms with E-state index in [0.29, 0.717) is 34.1 Å². The van der Waals surface area contributed by atoms with Crippen LogP contribution in [0.2, 0.25) is 5.02 Å². The van der Waals surface area contributed by atoms with Crippen LogP contribution in [0, 0.1) is 0 Å². The van der Waals surface area contributed by atoms with Gasteiger partial charge in [-0.2, -0.15) is 9.36 Å². The Morgan fingerprint density at radius 3 is 3.00 bits per heavy atom. The SMILES string of the molecule is CCCn1nnn(-c2cc(OC3CCCO3)c(Br)cc2Cl)c1=O. The molecule has 0 saturated carbocycles. The average molecular weight is 404 g/mol. The van der Waals surface area contributed by atoms with Gasteiger partial charge in [0.2, 0.25) is 0 Å². The quantitative estimate of drug-likeness (QED) is 0.768. The summed E-state index contributed by atoms with van der Waals surface area (Å²) in [5.41, 5.74) is 0.0920. The van der Waals surface area contributed by atoms with E-state index in [1.807, 2.05) is 6.92 Å². The molecule has 1 atom stereocenters. The van der Waals surface area contributed by atoms with Crippen LogP contribution in [-0.2, 0) is 11.3 Å². The maximum atomic E-state index is 12.3. The Morgan fingerprint density at radius 2 is 2.30 bits per heavy atom. The standard InChI is InChI=1S/C14H16BrClN4O3/c1-2-5-19-14(21)20(18-17-19)11-8-12(9(15)7-10(11)16)23-13-4-3-6-22-13/h7-8,13H,2-6H2,1H3. The number of aryl methyl sites for hydroxylation is 1. The molecule has 0 N–H and O–H groups in total. The Bertz CT molecular complexity index is 755. The van der Waals surface area contributed by atoms with Crippen LogP contribution in [-0.4, -0.2) is 32.7 Å². The Kier molecular flexibility index (Phi) is 5.03. The minimum atomic E-state index is -0.334. The Balaban J connectivity index is 1.97.